The molecule has 6 nitrogen and oxygen atoms in total. The van der Waals surface area contributed by atoms with Crippen LogP contribution in [-0.2, 0) is 9.59 Å². The normalized spacial score (nSPS) is 17.5. The van der Waals surface area contributed by atoms with Gasteiger partial charge in [0.1, 0.15) is 0 Å². The highest BCUT2D eigenvalue weighted by molar-refractivity contribution is 8.00. The number of carbonyl (C=O) groups is 2. The van der Waals surface area contributed by atoms with Crippen LogP contribution >= 0.6 is 48.0 Å². The Bertz CT molecular complexity index is 713. The van der Waals surface area contributed by atoms with Gasteiger partial charge in [-0.1, -0.05) is 0 Å². The lowest BCUT2D eigenvalue weighted by Gasteiger charge is -2.35. The van der Waals surface area contributed by atoms with E-state index in [2.05, 4.69) is 27.7 Å². The summed E-state index contributed by atoms with van der Waals surface area (Å²) in [7, 11) is 0. The largest absolute Gasteiger partial charge is 0.340 e. The van der Waals surface area contributed by atoms with Crippen LogP contribution in [0.3, 0.4) is 0 Å². The average molecular weight is 561 g/mol. The quantitative estimate of drug-likeness (QED) is 0.196. The topological polar surface area (TPSA) is 47.1 Å². The van der Waals surface area contributed by atoms with Gasteiger partial charge in [-0.2, -0.15) is 23.5 Å². The lowest BCUT2D eigenvalue weighted by molar-refractivity contribution is -0.129. The van der Waals surface area contributed by atoms with E-state index in [0.717, 1.165) is 50.3 Å². The minimum atomic E-state index is -0.222. The number of rotatable bonds is 16. The standard InChI is InChI=1S/C25H44N4O2S4/c1-7-26-18-20(30)28(22(26)32)24(3,4)12-9-14-34-16-11-17-35-15-10-13-25(5,6)29-21(31)19-27(8-2)23(29)33/h7-19H2,1-6H3. The summed E-state index contributed by atoms with van der Waals surface area (Å²) >= 11 is 15.1. The van der Waals surface area contributed by atoms with Crippen LogP contribution in [-0.4, -0.2) is 102 Å². The van der Waals surface area contributed by atoms with Gasteiger partial charge in [0.2, 0.25) is 11.8 Å². The summed E-state index contributed by atoms with van der Waals surface area (Å²) in [6, 6.07) is 0. The Morgan fingerprint density at radius 1 is 0.686 bits per heavy atom. The second-order valence-electron chi connectivity index (χ2n) is 10.5. The van der Waals surface area contributed by atoms with Gasteiger partial charge in [-0.25, -0.2) is 0 Å². The summed E-state index contributed by atoms with van der Waals surface area (Å²) in [5.41, 5.74) is -0.443. The zero-order chi connectivity index (χ0) is 26.2. The Kier molecular flexibility index (Phi) is 12.1. The molecule has 0 aromatic heterocycles. The first-order valence-electron chi connectivity index (χ1n) is 12.9. The van der Waals surface area contributed by atoms with Crippen molar-refractivity contribution in [2.45, 2.75) is 84.7 Å². The predicted molar refractivity (Wildman–Crippen MR) is 159 cm³/mol. The smallest absolute Gasteiger partial charge is 0.248 e. The summed E-state index contributed by atoms with van der Waals surface area (Å²) in [6.45, 7) is 15.0. The molecule has 2 aliphatic rings. The van der Waals surface area contributed by atoms with E-state index < -0.39 is 0 Å². The molecular formula is C25H44N4O2S4. The highest BCUT2D eigenvalue weighted by Gasteiger charge is 2.42. The third kappa shape index (κ3) is 8.20. The monoisotopic (exact) mass is 560 g/mol. The first-order chi connectivity index (χ1) is 16.5. The molecule has 0 bridgehead atoms. The zero-order valence-corrected chi connectivity index (χ0v) is 25.7. The second kappa shape index (κ2) is 13.8. The fourth-order valence-electron chi connectivity index (χ4n) is 4.69. The lowest BCUT2D eigenvalue weighted by atomic mass is 9.97. The van der Waals surface area contributed by atoms with E-state index in [4.69, 9.17) is 24.4 Å². The first-order valence-corrected chi connectivity index (χ1v) is 16.0. The number of thiocarbonyl (C=S) groups is 2. The van der Waals surface area contributed by atoms with E-state index in [-0.39, 0.29) is 22.9 Å². The Morgan fingerprint density at radius 3 is 1.34 bits per heavy atom. The van der Waals surface area contributed by atoms with Gasteiger partial charge in [0.15, 0.2) is 10.2 Å². The molecule has 0 N–H and O–H groups in total. The fraction of sp³-hybridized carbons (Fsp3) is 0.840. The third-order valence-corrected chi connectivity index (χ3v) is 9.97. The van der Waals surface area contributed by atoms with Crippen LogP contribution in [0.4, 0.5) is 0 Å². The van der Waals surface area contributed by atoms with Crippen LogP contribution in [0.25, 0.3) is 0 Å². The summed E-state index contributed by atoms with van der Waals surface area (Å²) in [4.78, 5) is 32.5. The van der Waals surface area contributed by atoms with Gasteiger partial charge in [0.05, 0.1) is 13.1 Å². The Balaban J connectivity index is 1.53. The summed E-state index contributed by atoms with van der Waals surface area (Å²) in [6.07, 6.45) is 5.32. The number of hydrogen-bond acceptors (Lipinski definition) is 6. The van der Waals surface area contributed by atoms with Crippen molar-refractivity contribution >= 4 is 70.0 Å². The zero-order valence-electron chi connectivity index (χ0n) is 22.4. The molecule has 0 aromatic rings. The summed E-state index contributed by atoms with van der Waals surface area (Å²) < 4.78 is 0. The number of hydrogen-bond donors (Lipinski definition) is 0. The Hall–Kier alpha value is -0.580. The molecule has 2 rings (SSSR count). The molecule has 2 heterocycles. The van der Waals surface area contributed by atoms with Gasteiger partial charge < -0.3 is 9.80 Å². The van der Waals surface area contributed by atoms with Crippen LogP contribution in [0, 0.1) is 0 Å². The third-order valence-electron chi connectivity index (χ3n) is 6.78. The van der Waals surface area contributed by atoms with Gasteiger partial charge in [-0.15, -0.1) is 0 Å². The first kappa shape index (κ1) is 30.6. The number of likely N-dealkylation sites (N-methyl/N-ethyl adjacent to an activating group) is 2. The van der Waals surface area contributed by atoms with Crippen molar-refractivity contribution in [2.24, 2.45) is 0 Å². The lowest BCUT2D eigenvalue weighted by Crippen LogP contribution is -2.48. The molecule has 10 heteroatoms. The molecule has 2 aliphatic heterocycles. The predicted octanol–water partition coefficient (Wildman–Crippen LogP) is 4.86. The molecule has 0 spiro atoms. The minimum absolute atomic E-state index is 0.132. The van der Waals surface area contributed by atoms with E-state index in [1.165, 1.54) is 17.9 Å². The second-order valence-corrected chi connectivity index (χ2v) is 13.6. The number of amides is 2. The van der Waals surface area contributed by atoms with Crippen molar-refractivity contribution in [3.05, 3.63) is 0 Å². The molecule has 2 saturated heterocycles. The molecule has 0 aliphatic carbocycles. The molecular weight excluding hydrogens is 517 g/mol. The molecule has 0 aromatic carbocycles. The van der Waals surface area contributed by atoms with Crippen LogP contribution in [0.15, 0.2) is 0 Å². The van der Waals surface area contributed by atoms with Crippen LogP contribution < -0.4 is 0 Å². The number of thioether (sulfide) groups is 2. The van der Waals surface area contributed by atoms with Gasteiger partial charge in [0, 0.05) is 24.2 Å². The average Bonchev–Trinajstić information content (AvgIpc) is 3.25. The van der Waals surface area contributed by atoms with Crippen molar-refractivity contribution in [3.8, 4) is 0 Å². The van der Waals surface area contributed by atoms with E-state index >= 15 is 0 Å². The maximum absolute atomic E-state index is 12.4. The Labute approximate surface area is 232 Å². The Morgan fingerprint density at radius 2 is 1.03 bits per heavy atom. The summed E-state index contributed by atoms with van der Waals surface area (Å²) in [5, 5.41) is 1.38. The van der Waals surface area contributed by atoms with Crippen molar-refractivity contribution in [1.29, 1.82) is 0 Å². The van der Waals surface area contributed by atoms with E-state index in [9.17, 15) is 9.59 Å². The van der Waals surface area contributed by atoms with E-state index in [1.807, 2.05) is 57.0 Å². The molecule has 200 valence electrons. The number of carbonyl (C=O) groups excluding carboxylic acids is 2. The minimum Gasteiger partial charge on any atom is -0.340 e. The molecule has 0 unspecified atom stereocenters. The maximum Gasteiger partial charge on any atom is 0.248 e. The van der Waals surface area contributed by atoms with E-state index in [1.54, 1.807) is 0 Å². The van der Waals surface area contributed by atoms with E-state index in [0.29, 0.717) is 23.3 Å². The van der Waals surface area contributed by atoms with Crippen molar-refractivity contribution in [3.63, 3.8) is 0 Å². The highest BCUT2D eigenvalue weighted by atomic mass is 32.2. The van der Waals surface area contributed by atoms with Crippen LogP contribution in [0.5, 0.6) is 0 Å². The van der Waals surface area contributed by atoms with Gasteiger partial charge >= 0.3 is 0 Å². The van der Waals surface area contributed by atoms with Gasteiger partial charge in [-0.05, 0) is 121 Å². The molecule has 35 heavy (non-hydrogen) atoms. The molecule has 0 atom stereocenters. The van der Waals surface area contributed by atoms with Crippen LogP contribution in [0.2, 0.25) is 0 Å². The maximum atomic E-state index is 12.4. The molecule has 2 amide bonds. The van der Waals surface area contributed by atoms with Crippen molar-refractivity contribution < 1.29 is 9.59 Å². The van der Waals surface area contributed by atoms with Gasteiger partial charge in [-0.3, -0.25) is 19.4 Å². The van der Waals surface area contributed by atoms with Gasteiger partial charge in [0.25, 0.3) is 0 Å². The SMILES string of the molecule is CCN1CC(=O)N(C(C)(C)CCCSCCCSCCCC(C)(C)N2C(=O)CN(CC)C2=S)C1=S. The highest BCUT2D eigenvalue weighted by Crippen LogP contribution is 2.29. The van der Waals surface area contributed by atoms with Crippen molar-refractivity contribution in [2.75, 3.05) is 49.2 Å². The molecule has 0 saturated carbocycles. The fourth-order valence-corrected chi connectivity index (χ4v) is 7.76. The molecule has 0 radical (unpaired) electrons. The molecule has 2 fully saturated rings. The van der Waals surface area contributed by atoms with Crippen LogP contribution in [0.1, 0.15) is 73.6 Å². The number of nitrogens with zero attached hydrogens (tertiary/aromatic N) is 4. The van der Waals surface area contributed by atoms with Crippen molar-refractivity contribution in [1.82, 2.24) is 19.6 Å². The summed E-state index contributed by atoms with van der Waals surface area (Å²) in [5.74, 6) is 4.85.